The normalized spacial score (nSPS) is 17.4. The maximum absolute atomic E-state index is 5.33. The number of aromatic amines is 1. The van der Waals surface area contributed by atoms with E-state index in [0.29, 0.717) is 79.3 Å². The molecule has 9 heteroatoms. The molecule has 0 spiro atoms. The van der Waals surface area contributed by atoms with Crippen molar-refractivity contribution >= 4 is 11.5 Å². The quantitative estimate of drug-likeness (QED) is 0.588. The van der Waals surface area contributed by atoms with Gasteiger partial charge in [0.25, 0.3) is 0 Å². The van der Waals surface area contributed by atoms with E-state index >= 15 is 0 Å². The molecule has 0 radical (unpaired) electrons. The summed E-state index contributed by atoms with van der Waals surface area (Å²) in [5.74, 6) is 0.869. The Bertz CT molecular complexity index is 526. The van der Waals surface area contributed by atoms with Gasteiger partial charge in [-0.05, 0) is 24.3 Å². The third-order valence-electron chi connectivity index (χ3n) is 3.93. The van der Waals surface area contributed by atoms with Crippen LogP contribution in [0, 0.1) is 0 Å². The van der Waals surface area contributed by atoms with Gasteiger partial charge in [-0.2, -0.15) is 0 Å². The Morgan fingerprint density at radius 2 is 0.875 bits per heavy atom. The molecule has 1 aliphatic heterocycles. The van der Waals surface area contributed by atoms with Gasteiger partial charge in [0.05, 0.1) is 85.0 Å². The minimum atomic E-state index is 0. The molecule has 0 aliphatic carbocycles. The average molecular weight is 458 g/mol. The number of nitrogens with zero attached hydrogens (tertiary/aromatic N) is 1. The number of ether oxygens (including phenoxy) is 6. The van der Waals surface area contributed by atoms with Crippen molar-refractivity contribution < 1.29 is 63.0 Å². The molecule has 2 heterocycles. The third-order valence-corrected chi connectivity index (χ3v) is 3.93. The van der Waals surface area contributed by atoms with E-state index in [4.69, 9.17) is 28.4 Å². The second-order valence-corrected chi connectivity index (χ2v) is 6.37. The molecule has 1 aromatic carbocycles. The van der Waals surface area contributed by atoms with Crippen molar-refractivity contribution in [1.29, 1.82) is 0 Å². The number of benzene rings is 1. The molecule has 3 rings (SSSR count). The standard InChI is InChI=1S/C12H24O6.C11H9N2.Na/c1-2-14-5-6-16-9-10-18-12-11-17-8-7-15-4-3-13-1;1-2-6-10(7-3-1)13-11-8-4-5-9-12-11;/h1-12H2;1-9H;/q;-1;+1/p+1. The van der Waals surface area contributed by atoms with Crippen LogP contribution >= 0.6 is 0 Å². The number of nitrogens with one attached hydrogen (secondary N) is 1. The summed E-state index contributed by atoms with van der Waals surface area (Å²) in [6.07, 6.45) is 1.86. The minimum Gasteiger partial charge on any atom is -0.377 e. The fourth-order valence-electron chi connectivity index (χ4n) is 2.41. The van der Waals surface area contributed by atoms with Gasteiger partial charge in [-0.15, -0.1) is 0 Å². The molecule has 1 N–H and O–H groups in total. The van der Waals surface area contributed by atoms with Gasteiger partial charge in [-0.25, -0.2) is 5.32 Å². The Morgan fingerprint density at radius 1 is 0.500 bits per heavy atom. The Hall–Kier alpha value is -1.07. The predicted octanol–water partition coefficient (Wildman–Crippen LogP) is -0.0588. The van der Waals surface area contributed by atoms with E-state index in [1.165, 1.54) is 0 Å². The van der Waals surface area contributed by atoms with E-state index in [1.54, 1.807) is 0 Å². The van der Waals surface area contributed by atoms with Crippen molar-refractivity contribution in [2.75, 3.05) is 79.3 Å². The first-order chi connectivity index (χ1) is 15.4. The molecule has 32 heavy (non-hydrogen) atoms. The van der Waals surface area contributed by atoms with Gasteiger partial charge in [0.2, 0.25) is 0 Å². The summed E-state index contributed by atoms with van der Waals surface area (Å²) >= 11 is 0. The van der Waals surface area contributed by atoms with Crippen LogP contribution in [0.3, 0.4) is 0 Å². The number of hydrogen-bond acceptors (Lipinski definition) is 6. The van der Waals surface area contributed by atoms with E-state index in [9.17, 15) is 0 Å². The van der Waals surface area contributed by atoms with Crippen LogP contribution in [0.25, 0.3) is 5.32 Å². The Kier molecular flexibility index (Phi) is 19.7. The van der Waals surface area contributed by atoms with Crippen molar-refractivity contribution in [2.24, 2.45) is 0 Å². The molecule has 1 fully saturated rings. The van der Waals surface area contributed by atoms with Crippen molar-refractivity contribution in [3.8, 4) is 0 Å². The number of rotatable bonds is 2. The molecule has 0 amide bonds. The monoisotopic (exact) mass is 457 g/mol. The first-order valence-corrected chi connectivity index (χ1v) is 10.6. The molecule has 0 atom stereocenters. The van der Waals surface area contributed by atoms with E-state index < -0.39 is 0 Å². The smallest absolute Gasteiger partial charge is 0.377 e. The second kappa shape index (κ2) is 21.8. The fourth-order valence-corrected chi connectivity index (χ4v) is 2.41. The van der Waals surface area contributed by atoms with Crippen LogP contribution in [0.2, 0.25) is 0 Å². The zero-order valence-electron chi connectivity index (χ0n) is 19.1. The van der Waals surface area contributed by atoms with Gasteiger partial charge in [0.15, 0.2) is 0 Å². The summed E-state index contributed by atoms with van der Waals surface area (Å²) in [6.45, 7) is 7.04. The zero-order chi connectivity index (χ0) is 21.7. The maximum Gasteiger partial charge on any atom is 1.00 e. The summed E-state index contributed by atoms with van der Waals surface area (Å²) in [4.78, 5) is 3.05. The van der Waals surface area contributed by atoms with E-state index in [1.807, 2.05) is 54.7 Å². The molecular weight excluding hydrogens is 423 g/mol. The van der Waals surface area contributed by atoms with Gasteiger partial charge >= 0.3 is 29.6 Å². The van der Waals surface area contributed by atoms with Crippen molar-refractivity contribution in [3.05, 3.63) is 60.0 Å². The van der Waals surface area contributed by atoms with E-state index in [0.717, 1.165) is 11.5 Å². The van der Waals surface area contributed by atoms with Crippen LogP contribution in [-0.4, -0.2) is 79.3 Å². The number of aromatic nitrogens is 1. The topological polar surface area (TPSA) is 83.6 Å². The van der Waals surface area contributed by atoms with E-state index in [-0.39, 0.29) is 29.6 Å². The number of pyridine rings is 1. The number of H-pyrrole nitrogens is 1. The fraction of sp³-hybridized carbons (Fsp3) is 0.522. The minimum absolute atomic E-state index is 0. The molecular formula is C23H34N2NaO6+. The van der Waals surface area contributed by atoms with Gasteiger partial charge < -0.3 is 33.4 Å². The second-order valence-electron chi connectivity index (χ2n) is 6.37. The average Bonchev–Trinajstić information content (AvgIpc) is 2.81. The van der Waals surface area contributed by atoms with Crippen LogP contribution in [0.1, 0.15) is 0 Å². The van der Waals surface area contributed by atoms with Gasteiger partial charge in [-0.3, -0.25) is 0 Å². The summed E-state index contributed by atoms with van der Waals surface area (Å²) in [7, 11) is 0. The summed E-state index contributed by atoms with van der Waals surface area (Å²) in [5.41, 5.74) is 0.963. The Morgan fingerprint density at radius 3 is 1.22 bits per heavy atom. The summed E-state index contributed by atoms with van der Waals surface area (Å²) in [6, 6.07) is 15.7. The molecule has 1 aliphatic rings. The van der Waals surface area contributed by atoms with Crippen molar-refractivity contribution in [1.82, 2.24) is 0 Å². The molecule has 2 aromatic rings. The Labute approximate surface area is 213 Å². The molecule has 0 unspecified atom stereocenters. The number of para-hydroxylation sites is 1. The van der Waals surface area contributed by atoms with Crippen LogP contribution < -0.4 is 34.5 Å². The first-order valence-electron chi connectivity index (χ1n) is 10.6. The molecule has 0 bridgehead atoms. The third kappa shape index (κ3) is 16.5. The van der Waals surface area contributed by atoms with Crippen LogP contribution in [0.15, 0.2) is 54.7 Å². The summed E-state index contributed by atoms with van der Waals surface area (Å²) in [5, 5.41) is 4.39. The Balaban J connectivity index is 0.000000324. The van der Waals surface area contributed by atoms with Crippen LogP contribution in [0.5, 0.6) is 0 Å². The van der Waals surface area contributed by atoms with Crippen molar-refractivity contribution in [2.45, 2.75) is 0 Å². The zero-order valence-corrected chi connectivity index (χ0v) is 21.1. The van der Waals surface area contributed by atoms with Gasteiger partial charge in [0, 0.05) is 6.20 Å². The molecule has 1 saturated heterocycles. The van der Waals surface area contributed by atoms with E-state index in [2.05, 4.69) is 10.3 Å². The first kappa shape index (κ1) is 29.0. The van der Waals surface area contributed by atoms with Crippen molar-refractivity contribution in [3.63, 3.8) is 0 Å². The van der Waals surface area contributed by atoms with Crippen LogP contribution in [0.4, 0.5) is 11.5 Å². The molecule has 172 valence electrons. The molecule has 8 nitrogen and oxygen atoms in total. The van der Waals surface area contributed by atoms with Gasteiger partial charge in [0.1, 0.15) is 5.82 Å². The predicted molar refractivity (Wildman–Crippen MR) is 117 cm³/mol. The largest absolute Gasteiger partial charge is 1.00 e. The van der Waals surface area contributed by atoms with Crippen LogP contribution in [-0.2, 0) is 28.4 Å². The SMILES string of the molecule is C1COCCOCCOCCOCCOCCO1.[Na+].c1ccc([N-]c2cccc[nH+]2)cc1. The summed E-state index contributed by atoms with van der Waals surface area (Å²) < 4.78 is 32.0. The van der Waals surface area contributed by atoms with Gasteiger partial charge in [-0.1, -0.05) is 24.3 Å². The number of hydrogen-bond donors (Lipinski definition) is 0. The maximum atomic E-state index is 5.33. The molecule has 0 saturated carbocycles. The molecule has 1 aromatic heterocycles.